The van der Waals surface area contributed by atoms with Crippen molar-refractivity contribution in [2.45, 2.75) is 58.8 Å². The van der Waals surface area contributed by atoms with E-state index in [4.69, 9.17) is 4.74 Å². The minimum Gasteiger partial charge on any atom is -0.464 e. The van der Waals surface area contributed by atoms with Crippen molar-refractivity contribution in [2.24, 2.45) is 23.2 Å². The Balaban J connectivity index is 1.46. The van der Waals surface area contributed by atoms with Gasteiger partial charge in [-0.25, -0.2) is 0 Å². The van der Waals surface area contributed by atoms with Crippen LogP contribution >= 0.6 is 0 Å². The van der Waals surface area contributed by atoms with Gasteiger partial charge in [-0.05, 0) is 74.8 Å². The number of hydrogen-bond acceptors (Lipinski definition) is 3. The first-order valence-electron chi connectivity index (χ1n) is 9.00. The van der Waals surface area contributed by atoms with Crippen LogP contribution in [0.3, 0.4) is 0 Å². The number of rotatable bonds is 7. The Labute approximate surface area is 129 Å². The molecule has 0 aromatic rings. The van der Waals surface area contributed by atoms with Crippen LogP contribution in [0.5, 0.6) is 0 Å². The van der Waals surface area contributed by atoms with Gasteiger partial charge in [0.15, 0.2) is 0 Å². The van der Waals surface area contributed by atoms with Gasteiger partial charge < -0.3 is 9.64 Å². The van der Waals surface area contributed by atoms with Crippen LogP contribution in [-0.4, -0.2) is 37.1 Å². The molecule has 4 bridgehead atoms. The van der Waals surface area contributed by atoms with Crippen molar-refractivity contribution in [1.82, 2.24) is 4.90 Å². The third-order valence-corrected chi connectivity index (χ3v) is 6.25. The Hall–Kier alpha value is -0.570. The van der Waals surface area contributed by atoms with Gasteiger partial charge >= 0.3 is 5.97 Å². The summed E-state index contributed by atoms with van der Waals surface area (Å²) in [6.07, 6.45) is 8.90. The zero-order valence-electron chi connectivity index (χ0n) is 13.8. The molecule has 4 aliphatic rings. The molecule has 0 saturated heterocycles. The van der Waals surface area contributed by atoms with Gasteiger partial charge in [0.25, 0.3) is 0 Å². The summed E-state index contributed by atoms with van der Waals surface area (Å²) < 4.78 is 5.53. The molecule has 0 N–H and O–H groups in total. The Bertz CT molecular complexity index is 340. The van der Waals surface area contributed by atoms with Crippen LogP contribution in [0.4, 0.5) is 0 Å². The summed E-state index contributed by atoms with van der Waals surface area (Å²) in [6.45, 7) is 7.81. The first-order chi connectivity index (χ1) is 10.1. The predicted octanol–water partition coefficient (Wildman–Crippen LogP) is 3.48. The molecule has 4 fully saturated rings. The lowest BCUT2D eigenvalue weighted by atomic mass is 9.49. The lowest BCUT2D eigenvalue weighted by molar-refractivity contribution is -0.152. The molecule has 0 atom stereocenters. The third kappa shape index (κ3) is 3.44. The zero-order valence-corrected chi connectivity index (χ0v) is 13.8. The third-order valence-electron chi connectivity index (χ3n) is 6.25. The van der Waals surface area contributed by atoms with Gasteiger partial charge in [0.1, 0.15) is 6.61 Å². The number of hydrogen-bond donors (Lipinski definition) is 0. The summed E-state index contributed by atoms with van der Waals surface area (Å²) >= 11 is 0. The summed E-state index contributed by atoms with van der Waals surface area (Å²) in [5.41, 5.74) is 0.320. The quantitative estimate of drug-likeness (QED) is 0.673. The Morgan fingerprint density at radius 2 is 1.57 bits per heavy atom. The van der Waals surface area contributed by atoms with Crippen molar-refractivity contribution in [2.75, 3.05) is 26.2 Å². The molecule has 0 heterocycles. The molecule has 0 amide bonds. The normalized spacial score (nSPS) is 37.2. The van der Waals surface area contributed by atoms with E-state index >= 15 is 0 Å². The average molecular weight is 293 g/mol. The van der Waals surface area contributed by atoms with Crippen molar-refractivity contribution >= 4 is 5.97 Å². The number of likely N-dealkylation sites (N-methyl/N-ethyl adjacent to an activating group) is 1. The smallest absolute Gasteiger partial charge is 0.306 e. The number of esters is 1. The number of ether oxygens (including phenoxy) is 1. The molecule has 0 radical (unpaired) electrons. The van der Waals surface area contributed by atoms with Gasteiger partial charge in [-0.2, -0.15) is 0 Å². The Kier molecular flexibility index (Phi) is 4.58. The summed E-state index contributed by atoms with van der Waals surface area (Å²) in [4.78, 5) is 14.5. The van der Waals surface area contributed by atoms with Gasteiger partial charge in [-0.1, -0.05) is 13.8 Å². The number of carbonyl (C=O) groups is 1. The maximum absolute atomic E-state index is 12.2. The lowest BCUT2D eigenvalue weighted by Crippen LogP contribution is -2.47. The highest BCUT2D eigenvalue weighted by Gasteiger charge is 2.51. The van der Waals surface area contributed by atoms with Crippen molar-refractivity contribution < 1.29 is 9.53 Å². The highest BCUT2D eigenvalue weighted by atomic mass is 16.5. The molecule has 21 heavy (non-hydrogen) atoms. The monoisotopic (exact) mass is 293 g/mol. The van der Waals surface area contributed by atoms with Crippen LogP contribution in [0.1, 0.15) is 58.8 Å². The van der Waals surface area contributed by atoms with Gasteiger partial charge in [0.05, 0.1) is 6.42 Å². The number of nitrogens with zero attached hydrogens (tertiary/aromatic N) is 1. The summed E-state index contributed by atoms with van der Waals surface area (Å²) in [5.74, 6) is 2.81. The molecule has 0 aromatic carbocycles. The van der Waals surface area contributed by atoms with Crippen molar-refractivity contribution in [3.05, 3.63) is 0 Å². The number of carbonyl (C=O) groups excluding carboxylic acids is 1. The maximum Gasteiger partial charge on any atom is 0.306 e. The molecular weight excluding hydrogens is 262 g/mol. The van der Waals surface area contributed by atoms with E-state index in [9.17, 15) is 4.79 Å². The molecule has 4 aliphatic carbocycles. The van der Waals surface area contributed by atoms with E-state index in [1.54, 1.807) is 0 Å². The fourth-order valence-electron chi connectivity index (χ4n) is 5.69. The van der Waals surface area contributed by atoms with E-state index in [1.165, 1.54) is 38.5 Å². The second-order valence-electron chi connectivity index (χ2n) is 7.84. The van der Waals surface area contributed by atoms with E-state index in [0.717, 1.165) is 37.4 Å². The van der Waals surface area contributed by atoms with Crippen LogP contribution in [0.25, 0.3) is 0 Å². The minimum absolute atomic E-state index is 0.0594. The highest BCUT2D eigenvalue weighted by molar-refractivity contribution is 5.70. The topological polar surface area (TPSA) is 29.5 Å². The maximum atomic E-state index is 12.2. The summed E-state index contributed by atoms with van der Waals surface area (Å²) in [5, 5.41) is 0. The summed E-state index contributed by atoms with van der Waals surface area (Å²) in [6, 6.07) is 0. The zero-order chi connectivity index (χ0) is 14.9. The molecule has 3 nitrogen and oxygen atoms in total. The second-order valence-corrected chi connectivity index (χ2v) is 7.84. The van der Waals surface area contributed by atoms with Crippen LogP contribution in [-0.2, 0) is 9.53 Å². The molecule has 0 spiro atoms. The summed E-state index contributed by atoms with van der Waals surface area (Å²) in [7, 11) is 0. The largest absolute Gasteiger partial charge is 0.464 e. The molecule has 4 rings (SSSR count). The Morgan fingerprint density at radius 3 is 2.05 bits per heavy atom. The first kappa shape index (κ1) is 15.3. The van der Waals surface area contributed by atoms with Gasteiger partial charge in [0.2, 0.25) is 0 Å². The first-order valence-corrected chi connectivity index (χ1v) is 9.00. The van der Waals surface area contributed by atoms with Gasteiger partial charge in [-0.15, -0.1) is 0 Å². The lowest BCUT2D eigenvalue weighted by Gasteiger charge is -2.56. The molecule has 0 aliphatic heterocycles. The van der Waals surface area contributed by atoms with Crippen molar-refractivity contribution in [1.29, 1.82) is 0 Å². The van der Waals surface area contributed by atoms with Gasteiger partial charge in [-0.3, -0.25) is 4.79 Å². The van der Waals surface area contributed by atoms with E-state index in [1.807, 2.05) is 0 Å². The highest BCUT2D eigenvalue weighted by Crippen LogP contribution is 2.61. The van der Waals surface area contributed by atoms with E-state index < -0.39 is 0 Å². The molecule has 3 heteroatoms. The fourth-order valence-corrected chi connectivity index (χ4v) is 5.69. The van der Waals surface area contributed by atoms with Crippen molar-refractivity contribution in [3.8, 4) is 0 Å². The minimum atomic E-state index is 0.0594. The van der Waals surface area contributed by atoms with Crippen molar-refractivity contribution in [3.63, 3.8) is 0 Å². The fraction of sp³-hybridized carbons (Fsp3) is 0.944. The van der Waals surface area contributed by atoms with Crippen LogP contribution in [0.15, 0.2) is 0 Å². The molecule has 4 saturated carbocycles. The average Bonchev–Trinajstić information content (AvgIpc) is 2.41. The van der Waals surface area contributed by atoms with Crippen LogP contribution in [0.2, 0.25) is 0 Å². The molecular formula is C18H31NO2. The Morgan fingerprint density at radius 1 is 1.05 bits per heavy atom. The molecule has 0 unspecified atom stereocenters. The van der Waals surface area contributed by atoms with E-state index in [0.29, 0.717) is 18.4 Å². The molecule has 0 aromatic heterocycles. The SMILES string of the molecule is CCN(CC)CCOC(=O)CC12CC3CC(CC(C3)C1)C2. The van der Waals surface area contributed by atoms with Crippen LogP contribution in [0, 0.1) is 23.2 Å². The van der Waals surface area contributed by atoms with E-state index in [2.05, 4.69) is 18.7 Å². The second kappa shape index (κ2) is 6.28. The molecule has 120 valence electrons. The standard InChI is InChI=1S/C18H31NO2/c1-3-19(4-2)5-6-21-17(20)13-18-10-14-7-15(11-18)9-16(8-14)12-18/h14-16H,3-13H2,1-2H3. The van der Waals surface area contributed by atoms with E-state index in [-0.39, 0.29) is 5.97 Å². The predicted molar refractivity (Wildman–Crippen MR) is 84.0 cm³/mol. The van der Waals surface area contributed by atoms with Crippen LogP contribution < -0.4 is 0 Å². The van der Waals surface area contributed by atoms with Gasteiger partial charge in [0, 0.05) is 6.54 Å².